The first-order chi connectivity index (χ1) is 19.9. The van der Waals surface area contributed by atoms with Crippen molar-refractivity contribution in [3.8, 4) is 11.3 Å². The van der Waals surface area contributed by atoms with E-state index in [1.807, 2.05) is 24.3 Å². The van der Waals surface area contributed by atoms with Gasteiger partial charge in [-0.25, -0.2) is 4.68 Å². The fraction of sp³-hybridized carbons (Fsp3) is 0.394. The Morgan fingerprint density at radius 2 is 1.95 bits per heavy atom. The van der Waals surface area contributed by atoms with E-state index in [0.717, 1.165) is 77.9 Å². The first kappa shape index (κ1) is 28.8. The summed E-state index contributed by atoms with van der Waals surface area (Å²) >= 11 is 0. The molecule has 1 aliphatic rings. The molecule has 1 unspecified atom stereocenters. The molecular weight excluding hydrogens is 512 g/mol. The standard InChI is InChI=1S/C33H42N6O2/c1-22(2)16-29-27-20-39(32(31(27)33(41)38(3)37-29)24-11-9-10-23(17-24)21-40)19-25-18-30(35-15-8-4-7-14-34)36-28-13-6-5-12-26(25)28/h5-6,9-13,17-18,20,22,30,35-36,40H,4,7-8,14-16,19,21,34H2,1-3H3. The quantitative estimate of drug-likeness (QED) is 0.190. The molecule has 1 atom stereocenters. The van der Waals surface area contributed by atoms with Gasteiger partial charge in [-0.2, -0.15) is 5.10 Å². The highest BCUT2D eigenvalue weighted by Gasteiger charge is 2.23. The largest absolute Gasteiger partial charge is 0.392 e. The summed E-state index contributed by atoms with van der Waals surface area (Å²) in [5.41, 5.74) is 12.4. The zero-order chi connectivity index (χ0) is 28.9. The number of benzene rings is 2. The molecule has 0 bridgehead atoms. The molecule has 2 aromatic carbocycles. The van der Waals surface area contributed by atoms with Crippen LogP contribution in [0.4, 0.5) is 5.69 Å². The number of aliphatic hydroxyl groups excluding tert-OH is 1. The zero-order valence-electron chi connectivity index (χ0n) is 24.4. The van der Waals surface area contributed by atoms with Crippen LogP contribution in [0.25, 0.3) is 27.6 Å². The lowest BCUT2D eigenvalue weighted by molar-refractivity contribution is 0.282. The minimum atomic E-state index is -0.118. The number of aromatic nitrogens is 3. The Hall–Kier alpha value is -3.72. The number of hydrogen-bond acceptors (Lipinski definition) is 6. The van der Waals surface area contributed by atoms with Gasteiger partial charge in [-0.05, 0) is 73.2 Å². The summed E-state index contributed by atoms with van der Waals surface area (Å²) in [5.74, 6) is 0.392. The maximum absolute atomic E-state index is 13.7. The Labute approximate surface area is 241 Å². The van der Waals surface area contributed by atoms with Crippen molar-refractivity contribution in [2.24, 2.45) is 18.7 Å². The SMILES string of the molecule is CC(C)Cc1nn(C)c(=O)c2c(-c3cccc(CO)c3)n(CC3=CC(NCCCCCN)Nc4ccccc43)cc12. The average Bonchev–Trinajstić information content (AvgIpc) is 3.35. The third-order valence-corrected chi connectivity index (χ3v) is 7.69. The highest BCUT2D eigenvalue weighted by atomic mass is 16.3. The summed E-state index contributed by atoms with van der Waals surface area (Å²) in [6, 6.07) is 16.2. The molecule has 8 heteroatoms. The maximum Gasteiger partial charge on any atom is 0.276 e. The van der Waals surface area contributed by atoms with Gasteiger partial charge in [-0.3, -0.25) is 10.1 Å². The predicted molar refractivity (Wildman–Crippen MR) is 168 cm³/mol. The van der Waals surface area contributed by atoms with Crippen molar-refractivity contribution in [2.45, 2.75) is 58.8 Å². The number of para-hydroxylation sites is 1. The minimum absolute atomic E-state index is 0.00467. The molecule has 5 rings (SSSR count). The van der Waals surface area contributed by atoms with Gasteiger partial charge in [0, 0.05) is 36.4 Å². The van der Waals surface area contributed by atoms with Gasteiger partial charge in [0.25, 0.3) is 5.56 Å². The summed E-state index contributed by atoms with van der Waals surface area (Å²) in [6.45, 7) is 6.49. The van der Waals surface area contributed by atoms with Gasteiger partial charge in [-0.15, -0.1) is 0 Å². The van der Waals surface area contributed by atoms with Crippen LogP contribution in [0.3, 0.4) is 0 Å². The highest BCUT2D eigenvalue weighted by Crippen LogP contribution is 2.35. The molecule has 0 fully saturated rings. The van der Waals surface area contributed by atoms with Crippen molar-refractivity contribution in [2.75, 3.05) is 18.4 Å². The lowest BCUT2D eigenvalue weighted by atomic mass is 9.98. The third kappa shape index (κ3) is 6.30. The van der Waals surface area contributed by atoms with E-state index >= 15 is 0 Å². The first-order valence-electron chi connectivity index (χ1n) is 14.7. The van der Waals surface area contributed by atoms with Crippen LogP contribution in [0.2, 0.25) is 0 Å². The number of nitrogens with zero attached hydrogens (tertiary/aromatic N) is 3. The number of aryl methyl sites for hydroxylation is 1. The Balaban J connectivity index is 1.63. The number of unbranched alkanes of at least 4 members (excludes halogenated alkanes) is 2. The number of rotatable bonds is 12. The lowest BCUT2D eigenvalue weighted by Crippen LogP contribution is -2.37. The summed E-state index contributed by atoms with van der Waals surface area (Å²) in [5, 5.41) is 23.4. The van der Waals surface area contributed by atoms with Gasteiger partial charge in [0.05, 0.1) is 29.5 Å². The Morgan fingerprint density at radius 3 is 2.73 bits per heavy atom. The van der Waals surface area contributed by atoms with Gasteiger partial charge in [0.2, 0.25) is 0 Å². The van der Waals surface area contributed by atoms with Crippen LogP contribution >= 0.6 is 0 Å². The monoisotopic (exact) mass is 554 g/mol. The summed E-state index contributed by atoms with van der Waals surface area (Å²) in [6.07, 6.45) is 8.35. The molecule has 8 nitrogen and oxygen atoms in total. The Morgan fingerprint density at radius 1 is 1.12 bits per heavy atom. The molecule has 5 N–H and O–H groups in total. The van der Waals surface area contributed by atoms with Gasteiger partial charge in [0.15, 0.2) is 0 Å². The van der Waals surface area contributed by atoms with Crippen LogP contribution in [0.1, 0.15) is 49.9 Å². The van der Waals surface area contributed by atoms with Gasteiger partial charge in [0.1, 0.15) is 0 Å². The van der Waals surface area contributed by atoms with Gasteiger partial charge < -0.3 is 20.7 Å². The summed E-state index contributed by atoms with van der Waals surface area (Å²) in [4.78, 5) is 13.7. The first-order valence-corrected chi connectivity index (χ1v) is 14.7. The molecule has 0 spiro atoms. The topological polar surface area (TPSA) is 110 Å². The molecule has 216 valence electrons. The Bertz CT molecular complexity index is 1600. The molecule has 0 aliphatic carbocycles. The second-order valence-electron chi connectivity index (χ2n) is 11.4. The highest BCUT2D eigenvalue weighted by molar-refractivity contribution is 5.97. The number of allylic oxidation sites excluding steroid dienone is 1. The van der Waals surface area contributed by atoms with Crippen molar-refractivity contribution in [3.63, 3.8) is 0 Å². The molecule has 3 heterocycles. The Kier molecular flexibility index (Phi) is 9.03. The number of hydrogen-bond donors (Lipinski definition) is 4. The van der Waals surface area contributed by atoms with Crippen molar-refractivity contribution in [3.05, 3.63) is 88.0 Å². The molecular formula is C33H42N6O2. The second-order valence-corrected chi connectivity index (χ2v) is 11.4. The van der Waals surface area contributed by atoms with Gasteiger partial charge >= 0.3 is 0 Å². The van der Waals surface area contributed by atoms with Crippen molar-refractivity contribution < 1.29 is 5.11 Å². The van der Waals surface area contributed by atoms with Crippen LogP contribution in [0.15, 0.2) is 65.6 Å². The van der Waals surface area contributed by atoms with E-state index in [4.69, 9.17) is 5.73 Å². The van der Waals surface area contributed by atoms with Crippen LogP contribution in [-0.4, -0.2) is 38.7 Å². The van der Waals surface area contributed by atoms with Crippen LogP contribution in [0.5, 0.6) is 0 Å². The van der Waals surface area contributed by atoms with E-state index in [9.17, 15) is 9.90 Å². The summed E-state index contributed by atoms with van der Waals surface area (Å²) < 4.78 is 3.66. The molecule has 1 aliphatic heterocycles. The van der Waals surface area contributed by atoms with Crippen LogP contribution < -0.4 is 21.9 Å². The van der Waals surface area contributed by atoms with E-state index < -0.39 is 0 Å². The van der Waals surface area contributed by atoms with Crippen LogP contribution in [-0.2, 0) is 26.6 Å². The second kappa shape index (κ2) is 12.9. The maximum atomic E-state index is 13.7. The van der Waals surface area contributed by atoms with Crippen LogP contribution in [0, 0.1) is 5.92 Å². The van der Waals surface area contributed by atoms with E-state index in [1.54, 1.807) is 7.05 Å². The van der Waals surface area contributed by atoms with Gasteiger partial charge in [-0.1, -0.05) is 56.7 Å². The fourth-order valence-corrected chi connectivity index (χ4v) is 5.75. The minimum Gasteiger partial charge on any atom is -0.392 e. The molecule has 0 radical (unpaired) electrons. The number of aliphatic hydroxyl groups is 1. The summed E-state index contributed by atoms with van der Waals surface area (Å²) in [7, 11) is 1.73. The number of anilines is 1. The van der Waals surface area contributed by atoms with E-state index in [-0.39, 0.29) is 18.3 Å². The normalized spacial score (nSPS) is 14.8. The van der Waals surface area contributed by atoms with Crippen molar-refractivity contribution in [1.29, 1.82) is 0 Å². The van der Waals surface area contributed by atoms with Crippen molar-refractivity contribution in [1.82, 2.24) is 19.7 Å². The molecule has 41 heavy (non-hydrogen) atoms. The molecule has 0 saturated carbocycles. The number of fused-ring (bicyclic) bond motifs is 2. The molecule has 2 aromatic heterocycles. The predicted octanol–water partition coefficient (Wildman–Crippen LogP) is 4.65. The zero-order valence-corrected chi connectivity index (χ0v) is 24.4. The van der Waals surface area contributed by atoms with E-state index in [2.05, 4.69) is 70.7 Å². The number of nitrogens with two attached hydrogens (primary N) is 1. The third-order valence-electron chi connectivity index (χ3n) is 7.69. The number of nitrogens with one attached hydrogen (secondary N) is 2. The molecule has 0 saturated heterocycles. The van der Waals surface area contributed by atoms with Crippen molar-refractivity contribution >= 4 is 22.0 Å². The van der Waals surface area contributed by atoms with E-state index in [0.29, 0.717) is 17.8 Å². The smallest absolute Gasteiger partial charge is 0.276 e. The fourth-order valence-electron chi connectivity index (χ4n) is 5.75. The molecule has 4 aromatic rings. The average molecular weight is 555 g/mol. The molecule has 0 amide bonds. The lowest BCUT2D eigenvalue weighted by Gasteiger charge is -2.28. The van der Waals surface area contributed by atoms with E-state index in [1.165, 1.54) is 10.3 Å².